The Morgan fingerprint density at radius 1 is 1.21 bits per heavy atom. The molecular weight excluding hydrogens is 308 g/mol. The van der Waals surface area contributed by atoms with Gasteiger partial charge in [-0.25, -0.2) is 0 Å². The average molecular weight is 326 g/mol. The van der Waals surface area contributed by atoms with Crippen molar-refractivity contribution in [2.75, 3.05) is 6.79 Å². The maximum atomic E-state index is 11.4. The summed E-state index contributed by atoms with van der Waals surface area (Å²) >= 11 is 0. The molecule has 0 radical (unpaired) electrons. The molecule has 6 heteroatoms. The number of nitro benzene ring substituents is 1. The van der Waals surface area contributed by atoms with Crippen molar-refractivity contribution in [2.45, 2.75) is 31.8 Å². The first-order valence-corrected chi connectivity index (χ1v) is 8.10. The van der Waals surface area contributed by atoms with Crippen molar-refractivity contribution in [1.29, 1.82) is 0 Å². The quantitative estimate of drug-likeness (QED) is 0.688. The minimum Gasteiger partial charge on any atom is -0.454 e. The highest BCUT2D eigenvalue weighted by Gasteiger charge is 2.25. The number of fused-ring (bicyclic) bond motifs is 2. The highest BCUT2D eigenvalue weighted by molar-refractivity contribution is 5.55. The summed E-state index contributed by atoms with van der Waals surface area (Å²) in [5.74, 6) is 1.01. The molecule has 1 atom stereocenters. The highest BCUT2D eigenvalue weighted by Crippen LogP contribution is 2.38. The molecule has 1 aliphatic carbocycles. The molecule has 0 spiro atoms. The van der Waals surface area contributed by atoms with E-state index in [0.29, 0.717) is 23.6 Å². The first-order valence-electron chi connectivity index (χ1n) is 8.10. The van der Waals surface area contributed by atoms with Crippen LogP contribution < -0.4 is 14.8 Å². The van der Waals surface area contributed by atoms with Gasteiger partial charge in [-0.15, -0.1) is 0 Å². The van der Waals surface area contributed by atoms with Crippen LogP contribution in [0.4, 0.5) is 5.69 Å². The first kappa shape index (κ1) is 15.0. The van der Waals surface area contributed by atoms with E-state index in [9.17, 15) is 10.1 Å². The maximum Gasteiger partial charge on any atom is 0.277 e. The first-order chi connectivity index (χ1) is 11.7. The molecule has 0 amide bonds. The van der Waals surface area contributed by atoms with Gasteiger partial charge in [0.25, 0.3) is 5.69 Å². The molecule has 0 fully saturated rings. The monoisotopic (exact) mass is 326 g/mol. The van der Waals surface area contributed by atoms with E-state index in [1.54, 1.807) is 6.07 Å². The Labute approximate surface area is 139 Å². The third-order valence-corrected chi connectivity index (χ3v) is 4.68. The number of nitro groups is 1. The van der Waals surface area contributed by atoms with Crippen molar-refractivity contribution in [2.24, 2.45) is 0 Å². The lowest BCUT2D eigenvalue weighted by atomic mass is 9.87. The predicted molar refractivity (Wildman–Crippen MR) is 88.2 cm³/mol. The van der Waals surface area contributed by atoms with Gasteiger partial charge in [0.15, 0.2) is 11.5 Å². The summed E-state index contributed by atoms with van der Waals surface area (Å²) in [6.45, 7) is 0.533. The zero-order valence-electron chi connectivity index (χ0n) is 13.2. The summed E-state index contributed by atoms with van der Waals surface area (Å²) in [5, 5.41) is 14.8. The van der Waals surface area contributed by atoms with Gasteiger partial charge in [0.1, 0.15) is 0 Å². The van der Waals surface area contributed by atoms with E-state index in [1.165, 1.54) is 17.2 Å². The fourth-order valence-corrected chi connectivity index (χ4v) is 3.48. The number of ether oxygens (including phenoxy) is 2. The van der Waals surface area contributed by atoms with Crippen LogP contribution >= 0.6 is 0 Å². The standard InChI is InChI=1S/C18H18N2O4/c21-20(22)16-9-18-17(23-11-24-18)8-13(16)10-19-15-7-3-5-12-4-1-2-6-14(12)15/h1-2,4,6,8-9,15,19H,3,5,7,10-11H2/t15-/m0/s1. The van der Waals surface area contributed by atoms with E-state index in [4.69, 9.17) is 9.47 Å². The van der Waals surface area contributed by atoms with Gasteiger partial charge < -0.3 is 14.8 Å². The Morgan fingerprint density at radius 3 is 2.83 bits per heavy atom. The highest BCUT2D eigenvalue weighted by atomic mass is 16.7. The van der Waals surface area contributed by atoms with Crippen LogP contribution in [0.3, 0.4) is 0 Å². The molecule has 124 valence electrons. The third-order valence-electron chi connectivity index (χ3n) is 4.68. The van der Waals surface area contributed by atoms with Crippen LogP contribution in [0.25, 0.3) is 0 Å². The Bertz CT molecular complexity index is 791. The third kappa shape index (κ3) is 2.69. The van der Waals surface area contributed by atoms with Crippen LogP contribution in [0, 0.1) is 10.1 Å². The number of nitrogens with zero attached hydrogens (tertiary/aromatic N) is 1. The average Bonchev–Trinajstić information content (AvgIpc) is 3.06. The van der Waals surface area contributed by atoms with Crippen LogP contribution in [0.2, 0.25) is 0 Å². The Kier molecular flexibility index (Phi) is 3.82. The van der Waals surface area contributed by atoms with Crippen LogP contribution in [-0.4, -0.2) is 11.7 Å². The fraction of sp³-hybridized carbons (Fsp3) is 0.333. The topological polar surface area (TPSA) is 73.6 Å². The molecular formula is C18H18N2O4. The van der Waals surface area contributed by atoms with E-state index in [1.807, 2.05) is 6.07 Å². The van der Waals surface area contributed by atoms with Crippen molar-refractivity contribution < 1.29 is 14.4 Å². The van der Waals surface area contributed by atoms with Crippen molar-refractivity contribution in [1.82, 2.24) is 5.32 Å². The van der Waals surface area contributed by atoms with Crippen LogP contribution in [0.15, 0.2) is 36.4 Å². The van der Waals surface area contributed by atoms with E-state index >= 15 is 0 Å². The fourth-order valence-electron chi connectivity index (χ4n) is 3.48. The molecule has 2 aliphatic rings. The van der Waals surface area contributed by atoms with Gasteiger partial charge in [-0.05, 0) is 36.5 Å². The van der Waals surface area contributed by atoms with E-state index < -0.39 is 0 Å². The lowest BCUT2D eigenvalue weighted by Crippen LogP contribution is -2.25. The van der Waals surface area contributed by atoms with Gasteiger partial charge in [-0.2, -0.15) is 0 Å². The lowest BCUT2D eigenvalue weighted by molar-refractivity contribution is -0.385. The van der Waals surface area contributed by atoms with Gasteiger partial charge in [0.2, 0.25) is 6.79 Å². The SMILES string of the molecule is O=[N+]([O-])c1cc2c(cc1CN[C@H]1CCCc3ccccc31)OCO2. The molecule has 2 aromatic rings. The van der Waals surface area contributed by atoms with Crippen molar-refractivity contribution >= 4 is 5.69 Å². The van der Waals surface area contributed by atoms with E-state index in [-0.39, 0.29) is 23.4 Å². The number of nitrogens with one attached hydrogen (secondary N) is 1. The molecule has 0 saturated heterocycles. The second kappa shape index (κ2) is 6.13. The van der Waals surface area contributed by atoms with Crippen LogP contribution in [0.1, 0.15) is 35.6 Å². The largest absolute Gasteiger partial charge is 0.454 e. The van der Waals surface area contributed by atoms with Gasteiger partial charge in [0.05, 0.1) is 11.0 Å². The molecule has 2 aromatic carbocycles. The lowest BCUT2D eigenvalue weighted by Gasteiger charge is -2.26. The number of hydrogen-bond donors (Lipinski definition) is 1. The summed E-state index contributed by atoms with van der Waals surface area (Å²) in [7, 11) is 0. The molecule has 0 unspecified atom stereocenters. The number of aryl methyl sites for hydroxylation is 1. The van der Waals surface area contributed by atoms with E-state index in [0.717, 1.165) is 19.3 Å². The zero-order valence-corrected chi connectivity index (χ0v) is 13.2. The molecule has 0 bridgehead atoms. The normalized spacial score (nSPS) is 18.2. The van der Waals surface area contributed by atoms with E-state index in [2.05, 4.69) is 23.5 Å². The molecule has 6 nitrogen and oxygen atoms in total. The summed E-state index contributed by atoms with van der Waals surface area (Å²) in [6.07, 6.45) is 3.26. The molecule has 4 rings (SSSR count). The number of benzene rings is 2. The molecule has 1 heterocycles. The molecule has 1 aliphatic heterocycles. The van der Waals surface area contributed by atoms with Crippen molar-refractivity contribution in [3.63, 3.8) is 0 Å². The summed E-state index contributed by atoms with van der Waals surface area (Å²) < 4.78 is 10.6. The van der Waals surface area contributed by atoms with Gasteiger partial charge in [0, 0.05) is 18.2 Å². The summed E-state index contributed by atoms with van der Waals surface area (Å²) in [4.78, 5) is 11.0. The van der Waals surface area contributed by atoms with Crippen molar-refractivity contribution in [3.05, 3.63) is 63.2 Å². The molecule has 0 saturated carbocycles. The maximum absolute atomic E-state index is 11.4. The summed E-state index contributed by atoms with van der Waals surface area (Å²) in [6, 6.07) is 11.8. The molecule has 0 aromatic heterocycles. The van der Waals surface area contributed by atoms with Crippen LogP contribution in [-0.2, 0) is 13.0 Å². The molecule has 24 heavy (non-hydrogen) atoms. The minimum absolute atomic E-state index is 0.0656. The number of rotatable bonds is 4. The second-order valence-corrected chi connectivity index (χ2v) is 6.12. The van der Waals surface area contributed by atoms with Gasteiger partial charge in [-0.3, -0.25) is 10.1 Å². The second-order valence-electron chi connectivity index (χ2n) is 6.12. The van der Waals surface area contributed by atoms with Gasteiger partial charge in [-0.1, -0.05) is 24.3 Å². The summed E-state index contributed by atoms with van der Waals surface area (Å²) in [5.41, 5.74) is 3.34. The Morgan fingerprint density at radius 2 is 2.00 bits per heavy atom. The molecule has 1 N–H and O–H groups in total. The van der Waals surface area contributed by atoms with Crippen LogP contribution in [0.5, 0.6) is 11.5 Å². The van der Waals surface area contributed by atoms with Gasteiger partial charge >= 0.3 is 0 Å². The Balaban J connectivity index is 1.58. The number of hydrogen-bond acceptors (Lipinski definition) is 5. The zero-order chi connectivity index (χ0) is 16.5. The smallest absolute Gasteiger partial charge is 0.277 e. The Hall–Kier alpha value is -2.60. The predicted octanol–water partition coefficient (Wildman–Crippen LogP) is 3.49. The minimum atomic E-state index is -0.367. The van der Waals surface area contributed by atoms with Crippen molar-refractivity contribution in [3.8, 4) is 11.5 Å².